The summed E-state index contributed by atoms with van der Waals surface area (Å²) in [4.78, 5) is 11.1. The Labute approximate surface area is 89.0 Å². The Morgan fingerprint density at radius 3 is 2.60 bits per heavy atom. The molecule has 0 bridgehead atoms. The van der Waals surface area contributed by atoms with E-state index in [0.717, 1.165) is 11.3 Å². The Kier molecular flexibility index (Phi) is 4.43. The topological polar surface area (TPSA) is 79.2 Å². The minimum Gasteiger partial charge on any atom is -0.399 e. The molecule has 15 heavy (non-hydrogen) atoms. The quantitative estimate of drug-likeness (QED) is 0.432. The van der Waals surface area contributed by atoms with Gasteiger partial charge < -0.3 is 11.1 Å². The van der Waals surface area contributed by atoms with Gasteiger partial charge in [0.1, 0.15) is 0 Å². The number of hydrogen-bond donors (Lipinski definition) is 4. The van der Waals surface area contributed by atoms with Gasteiger partial charge in [0, 0.05) is 18.8 Å². The smallest absolute Gasteiger partial charge is 0.329 e. The van der Waals surface area contributed by atoms with E-state index in [1.807, 2.05) is 19.1 Å². The number of hydrogen-bond acceptors (Lipinski definition) is 3. The first-order valence-electron chi connectivity index (χ1n) is 4.83. The van der Waals surface area contributed by atoms with Crippen LogP contribution in [0.4, 0.5) is 10.5 Å². The van der Waals surface area contributed by atoms with Crippen LogP contribution in [0.15, 0.2) is 24.3 Å². The highest BCUT2D eigenvalue weighted by molar-refractivity contribution is 5.73. The van der Waals surface area contributed by atoms with Gasteiger partial charge in [0.25, 0.3) is 0 Å². The first-order chi connectivity index (χ1) is 7.22. The molecule has 0 saturated heterocycles. The van der Waals surface area contributed by atoms with Gasteiger partial charge in [-0.2, -0.15) is 0 Å². The number of urea groups is 1. The Hall–Kier alpha value is -1.75. The molecule has 5 N–H and O–H groups in total. The predicted molar refractivity (Wildman–Crippen MR) is 59.9 cm³/mol. The summed E-state index contributed by atoms with van der Waals surface area (Å²) in [6.07, 6.45) is 0. The summed E-state index contributed by atoms with van der Waals surface area (Å²) in [5.41, 5.74) is 12.5. The van der Waals surface area contributed by atoms with E-state index in [4.69, 9.17) is 5.73 Å². The molecule has 0 fully saturated rings. The fourth-order valence-electron chi connectivity index (χ4n) is 1.03. The molecule has 1 aromatic carbocycles. The van der Waals surface area contributed by atoms with Crippen LogP contribution in [0.1, 0.15) is 12.5 Å². The van der Waals surface area contributed by atoms with Crippen LogP contribution in [0.25, 0.3) is 0 Å². The van der Waals surface area contributed by atoms with Gasteiger partial charge in [-0.05, 0) is 17.7 Å². The second-order valence-electron chi connectivity index (χ2n) is 3.08. The van der Waals surface area contributed by atoms with Crippen LogP contribution in [-0.4, -0.2) is 12.6 Å². The van der Waals surface area contributed by atoms with Crippen LogP contribution in [0, 0.1) is 0 Å². The number of benzene rings is 1. The van der Waals surface area contributed by atoms with E-state index in [-0.39, 0.29) is 6.03 Å². The van der Waals surface area contributed by atoms with Gasteiger partial charge in [-0.3, -0.25) is 5.43 Å². The molecule has 0 spiro atoms. The van der Waals surface area contributed by atoms with Crippen molar-refractivity contribution >= 4 is 11.7 Å². The molecule has 0 heterocycles. The van der Waals surface area contributed by atoms with Crippen molar-refractivity contribution in [1.82, 2.24) is 16.2 Å². The van der Waals surface area contributed by atoms with Crippen molar-refractivity contribution in [3.8, 4) is 0 Å². The Morgan fingerprint density at radius 2 is 2.00 bits per heavy atom. The average Bonchev–Trinajstić information content (AvgIpc) is 2.25. The zero-order valence-electron chi connectivity index (χ0n) is 8.71. The zero-order chi connectivity index (χ0) is 11.1. The number of amides is 2. The molecule has 0 aliphatic carbocycles. The summed E-state index contributed by atoms with van der Waals surface area (Å²) in [6.45, 7) is 3.08. The molecule has 5 heteroatoms. The largest absolute Gasteiger partial charge is 0.399 e. The molecule has 1 aromatic rings. The highest BCUT2D eigenvalue weighted by atomic mass is 16.2. The third-order valence-corrected chi connectivity index (χ3v) is 1.81. The average molecular weight is 208 g/mol. The van der Waals surface area contributed by atoms with Gasteiger partial charge >= 0.3 is 6.03 Å². The van der Waals surface area contributed by atoms with Gasteiger partial charge in [-0.25, -0.2) is 10.2 Å². The number of nitrogen functional groups attached to an aromatic ring is 1. The molecular weight excluding hydrogens is 192 g/mol. The number of nitrogens with one attached hydrogen (secondary N) is 3. The Balaban J connectivity index is 2.30. The van der Waals surface area contributed by atoms with Crippen LogP contribution in [0.5, 0.6) is 0 Å². The lowest BCUT2D eigenvalue weighted by molar-refractivity contribution is 0.236. The van der Waals surface area contributed by atoms with Crippen molar-refractivity contribution in [2.24, 2.45) is 0 Å². The van der Waals surface area contributed by atoms with Crippen molar-refractivity contribution < 1.29 is 4.79 Å². The molecule has 0 unspecified atom stereocenters. The second kappa shape index (κ2) is 5.87. The van der Waals surface area contributed by atoms with Crippen molar-refractivity contribution in [2.75, 3.05) is 12.3 Å². The molecule has 82 valence electrons. The van der Waals surface area contributed by atoms with Crippen LogP contribution < -0.4 is 21.9 Å². The maximum absolute atomic E-state index is 11.1. The number of hydrazine groups is 1. The highest BCUT2D eigenvalue weighted by Gasteiger charge is 1.98. The zero-order valence-corrected chi connectivity index (χ0v) is 8.71. The minimum absolute atomic E-state index is 0.242. The van der Waals surface area contributed by atoms with E-state index in [1.165, 1.54) is 0 Å². The van der Waals surface area contributed by atoms with Gasteiger partial charge in [-0.15, -0.1) is 0 Å². The van der Waals surface area contributed by atoms with Gasteiger partial charge in [0.2, 0.25) is 0 Å². The van der Waals surface area contributed by atoms with Crippen LogP contribution in [0.2, 0.25) is 0 Å². The van der Waals surface area contributed by atoms with Crippen molar-refractivity contribution in [2.45, 2.75) is 13.5 Å². The molecular formula is C10H16N4O. The molecule has 0 saturated carbocycles. The molecule has 2 amide bonds. The fourth-order valence-corrected chi connectivity index (χ4v) is 1.03. The van der Waals surface area contributed by atoms with Crippen LogP contribution in [0.3, 0.4) is 0 Å². The second-order valence-corrected chi connectivity index (χ2v) is 3.08. The number of nitrogens with two attached hydrogens (primary N) is 1. The number of rotatable bonds is 4. The van der Waals surface area contributed by atoms with Gasteiger partial charge in [0.05, 0.1) is 0 Å². The summed E-state index contributed by atoms with van der Waals surface area (Å²) >= 11 is 0. The van der Waals surface area contributed by atoms with Crippen molar-refractivity contribution in [3.05, 3.63) is 29.8 Å². The van der Waals surface area contributed by atoms with E-state index >= 15 is 0 Å². The summed E-state index contributed by atoms with van der Waals surface area (Å²) in [7, 11) is 0. The third-order valence-electron chi connectivity index (χ3n) is 1.81. The van der Waals surface area contributed by atoms with Crippen LogP contribution >= 0.6 is 0 Å². The van der Waals surface area contributed by atoms with Crippen molar-refractivity contribution in [1.29, 1.82) is 0 Å². The molecule has 0 atom stereocenters. The number of anilines is 1. The molecule has 0 aliphatic rings. The first kappa shape index (κ1) is 11.3. The van der Waals surface area contributed by atoms with Gasteiger partial charge in [-0.1, -0.05) is 19.1 Å². The van der Waals surface area contributed by atoms with E-state index in [9.17, 15) is 4.79 Å². The molecule has 5 nitrogen and oxygen atoms in total. The van der Waals surface area contributed by atoms with E-state index in [1.54, 1.807) is 12.1 Å². The SMILES string of the molecule is CCNNC(=O)NCc1ccc(N)cc1. The maximum Gasteiger partial charge on any atom is 0.329 e. The van der Waals surface area contributed by atoms with E-state index < -0.39 is 0 Å². The molecule has 0 aliphatic heterocycles. The summed E-state index contributed by atoms with van der Waals surface area (Å²) in [5.74, 6) is 0. The van der Waals surface area contributed by atoms with E-state index in [2.05, 4.69) is 16.2 Å². The first-order valence-corrected chi connectivity index (χ1v) is 4.83. The third kappa shape index (κ3) is 4.33. The lowest BCUT2D eigenvalue weighted by Gasteiger charge is -2.07. The molecule has 1 rings (SSSR count). The Bertz CT molecular complexity index is 310. The van der Waals surface area contributed by atoms with Crippen molar-refractivity contribution in [3.63, 3.8) is 0 Å². The fraction of sp³-hybridized carbons (Fsp3) is 0.300. The molecule has 0 aromatic heterocycles. The number of carbonyl (C=O) groups is 1. The van der Waals surface area contributed by atoms with Crippen LogP contribution in [-0.2, 0) is 6.54 Å². The van der Waals surface area contributed by atoms with Gasteiger partial charge in [0.15, 0.2) is 0 Å². The standard InChI is InChI=1S/C10H16N4O/c1-2-13-14-10(15)12-7-8-3-5-9(11)6-4-8/h3-6,13H,2,7,11H2,1H3,(H2,12,14,15). The Morgan fingerprint density at radius 1 is 1.33 bits per heavy atom. The number of carbonyl (C=O) groups excluding carboxylic acids is 1. The highest BCUT2D eigenvalue weighted by Crippen LogP contribution is 2.04. The van der Waals surface area contributed by atoms with E-state index in [0.29, 0.717) is 13.1 Å². The predicted octanol–water partition coefficient (Wildman–Crippen LogP) is 0.592. The monoisotopic (exact) mass is 208 g/mol. The normalized spacial score (nSPS) is 9.67. The maximum atomic E-state index is 11.1. The molecule has 0 radical (unpaired) electrons. The summed E-state index contributed by atoms with van der Waals surface area (Å²) in [5, 5.41) is 2.70. The lowest BCUT2D eigenvalue weighted by Crippen LogP contribution is -2.43. The summed E-state index contributed by atoms with van der Waals surface area (Å²) in [6, 6.07) is 7.12. The minimum atomic E-state index is -0.242. The summed E-state index contributed by atoms with van der Waals surface area (Å²) < 4.78 is 0. The lowest BCUT2D eigenvalue weighted by atomic mass is 10.2.